The maximum atomic E-state index is 15.5. The van der Waals surface area contributed by atoms with Crippen LogP contribution in [0.4, 0.5) is 46.8 Å². The Morgan fingerprint density at radius 1 is 0.367 bits per heavy atom. The fraction of sp³-hybridized carbons (Fsp3) is 0. The van der Waals surface area contributed by atoms with Gasteiger partial charge in [-0.05, 0) is 48.5 Å². The van der Waals surface area contributed by atoms with Crippen LogP contribution in [0.15, 0.2) is 78.5 Å². The largest absolute Gasteiger partial charge is 0.563 e. The fourth-order valence-electron chi connectivity index (χ4n) is 6.63. The topological polar surface area (TPSA) is 84.0 Å². The van der Waals surface area contributed by atoms with Gasteiger partial charge in [-0.25, -0.2) is 65.1 Å². The molecule has 6 bridgehead atoms. The van der Waals surface area contributed by atoms with Crippen molar-refractivity contribution in [3.05, 3.63) is 128 Å². The predicted molar refractivity (Wildman–Crippen MR) is 162 cm³/mol. The number of rotatable bonds is 0. The molecular formula is C32H9AlF8N8. The van der Waals surface area contributed by atoms with E-state index in [0.29, 0.717) is 0 Å². The highest BCUT2D eigenvalue weighted by atomic mass is 27.1. The Kier molecular flexibility index (Phi) is 5.43. The molecule has 236 valence electrons. The molecule has 0 aliphatic carbocycles. The summed E-state index contributed by atoms with van der Waals surface area (Å²) in [7, 11) is 0. The van der Waals surface area contributed by atoms with E-state index in [1.54, 1.807) is 0 Å². The van der Waals surface area contributed by atoms with Crippen molar-refractivity contribution in [2.45, 2.75) is 0 Å². The maximum Gasteiger partial charge on any atom is 0.563 e. The molecule has 2 aromatic heterocycles. The molecule has 4 aliphatic rings. The van der Waals surface area contributed by atoms with Crippen molar-refractivity contribution in [2.24, 2.45) is 30.0 Å². The molecular weight excluding hydrogens is 675 g/mol. The number of fused-ring (bicyclic) bond motifs is 14. The van der Waals surface area contributed by atoms with E-state index >= 15 is 17.6 Å². The monoisotopic (exact) mass is 684 g/mol. The molecule has 6 heterocycles. The first kappa shape index (κ1) is 28.2. The van der Waals surface area contributed by atoms with E-state index in [2.05, 4.69) is 30.0 Å². The molecule has 0 N–H and O–H groups in total. The molecule has 10 rings (SSSR count). The lowest BCUT2D eigenvalue weighted by Gasteiger charge is -2.11. The van der Waals surface area contributed by atoms with Gasteiger partial charge in [-0.2, -0.15) is 0 Å². The molecule has 17 heteroatoms. The van der Waals surface area contributed by atoms with Crippen LogP contribution in [0.2, 0.25) is 0 Å². The molecule has 0 saturated heterocycles. The van der Waals surface area contributed by atoms with E-state index in [4.69, 9.17) is 0 Å². The minimum Gasteiger partial charge on any atom is -0.386 e. The number of amidine groups is 4. The molecule has 0 atom stereocenters. The number of halogens is 8. The Morgan fingerprint density at radius 3 is 1.06 bits per heavy atom. The van der Waals surface area contributed by atoms with Gasteiger partial charge in [0, 0.05) is 21.5 Å². The molecule has 0 unspecified atom stereocenters. The molecule has 4 aromatic carbocycles. The fourth-order valence-corrected chi connectivity index (χ4v) is 8.42. The average molecular weight is 684 g/mol. The smallest absolute Gasteiger partial charge is 0.386 e. The van der Waals surface area contributed by atoms with Gasteiger partial charge < -0.3 is 7.10 Å². The Labute approximate surface area is 272 Å². The number of hydrogen-bond acceptors (Lipinski definition) is 6. The average Bonchev–Trinajstić information content (AvgIpc) is 3.76. The summed E-state index contributed by atoms with van der Waals surface area (Å²) in [5.74, 6) is -10.6. The van der Waals surface area contributed by atoms with Crippen molar-refractivity contribution in [2.75, 3.05) is 0 Å². The second-order valence-corrected chi connectivity index (χ2v) is 13.0. The first-order valence-corrected chi connectivity index (χ1v) is 15.6. The zero-order valence-electron chi connectivity index (χ0n) is 23.9. The molecule has 6 aromatic rings. The van der Waals surface area contributed by atoms with Crippen molar-refractivity contribution < 1.29 is 35.1 Å². The molecule has 8 nitrogen and oxygen atoms in total. The van der Waals surface area contributed by atoms with Crippen molar-refractivity contribution in [1.29, 1.82) is 0 Å². The Bertz CT molecular complexity index is 2710. The summed E-state index contributed by atoms with van der Waals surface area (Å²) in [6, 6.07) is 6.75. The summed E-state index contributed by atoms with van der Waals surface area (Å²) in [4.78, 5) is 26.8. The zero-order chi connectivity index (χ0) is 33.6. The first-order chi connectivity index (χ1) is 23.6. The Morgan fingerprint density at radius 2 is 0.694 bits per heavy atom. The van der Waals surface area contributed by atoms with Crippen LogP contribution in [0, 0.1) is 46.5 Å². The quantitative estimate of drug-likeness (QED) is 0.154. The van der Waals surface area contributed by atoms with Crippen molar-refractivity contribution in [3.8, 4) is 0 Å². The number of nitrogens with zero attached hydrogens (tertiary/aromatic N) is 8. The van der Waals surface area contributed by atoms with Crippen LogP contribution < -0.4 is 11.0 Å². The van der Waals surface area contributed by atoms with Gasteiger partial charge in [0.1, 0.15) is 45.9 Å². The lowest BCUT2D eigenvalue weighted by atomic mass is 10.1. The van der Waals surface area contributed by atoms with Crippen molar-refractivity contribution >= 4 is 72.2 Å². The van der Waals surface area contributed by atoms with E-state index < -0.39 is 62.2 Å². The molecule has 0 radical (unpaired) electrons. The van der Waals surface area contributed by atoms with Gasteiger partial charge in [-0.15, -0.1) is 0 Å². The highest BCUT2D eigenvalue weighted by molar-refractivity contribution is 6.37. The van der Waals surface area contributed by atoms with E-state index in [1.165, 1.54) is 7.10 Å². The predicted octanol–water partition coefficient (Wildman–Crippen LogP) is 5.32. The SMILES string of the molecule is Fc1cc2c3[n]4c(c2cc1F)N=C1N=C(N=c2c5cc(F)c(F)cc5c([n]2[AlH]4)=NC2=NC(=N3)c3c(F)ccc(F)c32)c2c(F)ccc(F)c21. The number of aromatic nitrogens is 2. The summed E-state index contributed by atoms with van der Waals surface area (Å²) < 4.78 is 124. The van der Waals surface area contributed by atoms with Crippen LogP contribution in [0.1, 0.15) is 22.3 Å². The minimum atomic E-state index is -2.30. The summed E-state index contributed by atoms with van der Waals surface area (Å²) in [6.45, 7) is 0. The number of hydrogen-bond donors (Lipinski definition) is 0. The van der Waals surface area contributed by atoms with Gasteiger partial charge in [0.2, 0.25) is 0 Å². The van der Waals surface area contributed by atoms with E-state index in [-0.39, 0.29) is 89.8 Å². The van der Waals surface area contributed by atoms with Gasteiger partial charge in [0.15, 0.2) is 46.6 Å². The van der Waals surface area contributed by atoms with Gasteiger partial charge in [0.05, 0.1) is 22.3 Å². The van der Waals surface area contributed by atoms with Gasteiger partial charge >= 0.3 is 15.7 Å². The van der Waals surface area contributed by atoms with Crippen LogP contribution >= 0.6 is 0 Å². The highest BCUT2D eigenvalue weighted by Gasteiger charge is 2.35. The standard InChI is InChI=1S/C32H8F8N8.Al.H/c33-13-1-2-14(34)22-21(13)29-43-25-9-5-17(37)18(38)6-10(9)27(41-25)45-31-23-15(35)3-4-16(36)24(23)32(48-31)46-28-12-8-20(40)19(39)7-11(12)26(42-28)44-30(22)47-29;;/h1-8H;;/q-2;+2;. The second kappa shape index (κ2) is 9.43. The van der Waals surface area contributed by atoms with Crippen LogP contribution in [0.5, 0.6) is 0 Å². The van der Waals surface area contributed by atoms with Crippen LogP contribution in [-0.2, 0) is 0 Å². The van der Waals surface area contributed by atoms with Gasteiger partial charge in [0.25, 0.3) is 0 Å². The van der Waals surface area contributed by atoms with Crippen LogP contribution in [0.3, 0.4) is 0 Å². The molecule has 0 fully saturated rings. The molecule has 0 saturated carbocycles. The Balaban J connectivity index is 1.50. The third-order valence-corrected chi connectivity index (χ3v) is 10.5. The highest BCUT2D eigenvalue weighted by Crippen LogP contribution is 2.41. The molecule has 4 aliphatic heterocycles. The van der Waals surface area contributed by atoms with Gasteiger partial charge in [-0.1, -0.05) is 0 Å². The molecule has 49 heavy (non-hydrogen) atoms. The first-order valence-electron chi connectivity index (χ1n) is 14.4. The van der Waals surface area contributed by atoms with Gasteiger partial charge in [-0.3, -0.25) is 0 Å². The van der Waals surface area contributed by atoms with E-state index in [9.17, 15) is 17.6 Å². The van der Waals surface area contributed by atoms with Crippen molar-refractivity contribution in [1.82, 2.24) is 7.10 Å². The summed E-state index contributed by atoms with van der Waals surface area (Å²) in [5.41, 5.74) is -1.81. The minimum absolute atomic E-state index is 0.0482. The normalized spacial score (nSPS) is 15.1. The van der Waals surface area contributed by atoms with E-state index in [0.717, 1.165) is 48.5 Å². The number of aliphatic imine (C=N–C) groups is 4. The lowest BCUT2D eigenvalue weighted by molar-refractivity contribution is 0.511. The third kappa shape index (κ3) is 3.68. The number of benzene rings is 4. The zero-order valence-corrected chi connectivity index (χ0v) is 25.3. The summed E-state index contributed by atoms with van der Waals surface area (Å²) in [5, 5.41) is -0.193. The van der Waals surface area contributed by atoms with Crippen LogP contribution in [0.25, 0.3) is 21.5 Å². The third-order valence-electron chi connectivity index (χ3n) is 8.76. The second-order valence-electron chi connectivity index (χ2n) is 11.4. The van der Waals surface area contributed by atoms with Crippen molar-refractivity contribution in [3.63, 3.8) is 0 Å². The Hall–Kier alpha value is -5.79. The lowest BCUT2D eigenvalue weighted by Crippen LogP contribution is -2.36. The summed E-state index contributed by atoms with van der Waals surface area (Å²) >= 11 is -2.30. The molecule has 0 amide bonds. The van der Waals surface area contributed by atoms with E-state index in [1.807, 2.05) is 0 Å². The van der Waals surface area contributed by atoms with Crippen LogP contribution in [-0.4, -0.2) is 46.1 Å². The summed E-state index contributed by atoms with van der Waals surface area (Å²) in [6.07, 6.45) is 0. The maximum absolute atomic E-state index is 15.5. The molecule has 0 spiro atoms.